The average Bonchev–Trinajstić information content (AvgIpc) is 2.53. The summed E-state index contributed by atoms with van der Waals surface area (Å²) >= 11 is 0. The summed E-state index contributed by atoms with van der Waals surface area (Å²) in [6.07, 6.45) is 6.98. The van der Waals surface area contributed by atoms with Gasteiger partial charge in [-0.3, -0.25) is 0 Å². The molecule has 1 N–H and O–H groups in total. The van der Waals surface area contributed by atoms with E-state index in [1.807, 2.05) is 0 Å². The normalized spacial score (nSPS) is 28.1. The fourth-order valence-electron chi connectivity index (χ4n) is 2.45. The highest BCUT2D eigenvalue weighted by Crippen LogP contribution is 2.23. The topological polar surface area (TPSA) is 45.0 Å². The monoisotopic (exact) mass is 224 g/mol. The molecule has 3 unspecified atom stereocenters. The molecule has 1 rings (SSSR count). The zero-order chi connectivity index (χ0) is 11.8. The fraction of sp³-hybridized carbons (Fsp3) is 0.923. The molecule has 1 aliphatic rings. The maximum atomic E-state index is 9.18. The van der Waals surface area contributed by atoms with Gasteiger partial charge in [-0.2, -0.15) is 5.26 Å². The van der Waals surface area contributed by atoms with Crippen molar-refractivity contribution < 1.29 is 4.74 Å². The van der Waals surface area contributed by atoms with Crippen molar-refractivity contribution in [2.24, 2.45) is 5.92 Å². The summed E-state index contributed by atoms with van der Waals surface area (Å²) in [5.74, 6) is 0.188. The number of nitriles is 1. The Labute approximate surface area is 99.2 Å². The molecule has 3 atom stereocenters. The summed E-state index contributed by atoms with van der Waals surface area (Å²) in [5, 5.41) is 12.8. The van der Waals surface area contributed by atoms with Crippen LogP contribution in [0.5, 0.6) is 0 Å². The molecule has 0 heterocycles. The molecule has 1 fully saturated rings. The van der Waals surface area contributed by atoms with Crippen LogP contribution in [0.1, 0.15) is 45.4 Å². The van der Waals surface area contributed by atoms with Crippen LogP contribution in [0, 0.1) is 17.2 Å². The lowest BCUT2D eigenvalue weighted by atomic mass is 9.95. The lowest BCUT2D eigenvalue weighted by Crippen LogP contribution is -2.44. The molecule has 0 aromatic carbocycles. The van der Waals surface area contributed by atoms with Gasteiger partial charge in [0.2, 0.25) is 0 Å². The summed E-state index contributed by atoms with van der Waals surface area (Å²) in [7, 11) is 1.74. The Morgan fingerprint density at radius 1 is 1.38 bits per heavy atom. The van der Waals surface area contributed by atoms with E-state index in [0.29, 0.717) is 12.1 Å². The fourth-order valence-corrected chi connectivity index (χ4v) is 2.45. The summed E-state index contributed by atoms with van der Waals surface area (Å²) in [4.78, 5) is 0. The van der Waals surface area contributed by atoms with Gasteiger partial charge >= 0.3 is 0 Å². The predicted octanol–water partition coefficient (Wildman–Crippen LogP) is 2.47. The molecule has 0 aromatic rings. The van der Waals surface area contributed by atoms with E-state index in [4.69, 9.17) is 4.74 Å². The maximum Gasteiger partial charge on any atom is 0.0672 e. The lowest BCUT2D eigenvalue weighted by molar-refractivity contribution is 0.153. The molecule has 1 saturated carbocycles. The van der Waals surface area contributed by atoms with Gasteiger partial charge in [0.1, 0.15) is 0 Å². The van der Waals surface area contributed by atoms with Crippen LogP contribution in [0.2, 0.25) is 0 Å². The van der Waals surface area contributed by atoms with Gasteiger partial charge in [0, 0.05) is 19.2 Å². The van der Waals surface area contributed by atoms with Crippen molar-refractivity contribution in [1.29, 1.82) is 5.26 Å². The first kappa shape index (κ1) is 13.5. The van der Waals surface area contributed by atoms with Crippen molar-refractivity contribution in [1.82, 2.24) is 5.32 Å². The Bertz CT molecular complexity index is 224. The van der Waals surface area contributed by atoms with E-state index in [1.165, 1.54) is 19.3 Å². The molecule has 0 saturated heterocycles. The van der Waals surface area contributed by atoms with Gasteiger partial charge in [-0.25, -0.2) is 0 Å². The van der Waals surface area contributed by atoms with E-state index in [0.717, 1.165) is 25.9 Å². The number of ether oxygens (including phenoxy) is 1. The van der Waals surface area contributed by atoms with Crippen molar-refractivity contribution in [2.45, 2.75) is 57.5 Å². The summed E-state index contributed by atoms with van der Waals surface area (Å²) in [5.41, 5.74) is 0. The number of methoxy groups -OCH3 is 1. The van der Waals surface area contributed by atoms with Crippen LogP contribution in [0.15, 0.2) is 0 Å². The highest BCUT2D eigenvalue weighted by atomic mass is 16.5. The zero-order valence-corrected chi connectivity index (χ0v) is 10.5. The first-order valence-electron chi connectivity index (χ1n) is 6.46. The molecule has 92 valence electrons. The van der Waals surface area contributed by atoms with Gasteiger partial charge in [-0.1, -0.05) is 26.2 Å². The predicted molar refractivity (Wildman–Crippen MR) is 65.1 cm³/mol. The van der Waals surface area contributed by atoms with Gasteiger partial charge in [0.15, 0.2) is 0 Å². The first-order chi connectivity index (χ1) is 7.81. The third-order valence-corrected chi connectivity index (χ3v) is 3.49. The Hall–Kier alpha value is -0.590. The lowest BCUT2D eigenvalue weighted by Gasteiger charge is -2.26. The van der Waals surface area contributed by atoms with Gasteiger partial charge in [-0.15, -0.1) is 0 Å². The standard InChI is InChI=1S/C13H24N2O/c1-3-12(10-16-2)15-13-8-6-4-5-7-11(13)9-14/h11-13,15H,3-8,10H2,1-2H3. The Morgan fingerprint density at radius 2 is 2.12 bits per heavy atom. The molecule has 0 aromatic heterocycles. The van der Waals surface area contributed by atoms with Crippen LogP contribution in [-0.2, 0) is 4.74 Å². The molecular weight excluding hydrogens is 200 g/mol. The minimum Gasteiger partial charge on any atom is -0.383 e. The van der Waals surface area contributed by atoms with Crippen LogP contribution in [0.3, 0.4) is 0 Å². The minimum atomic E-state index is 0.188. The quantitative estimate of drug-likeness (QED) is 0.730. The second-order valence-corrected chi connectivity index (χ2v) is 4.71. The number of nitrogens with zero attached hydrogens (tertiary/aromatic N) is 1. The molecule has 1 aliphatic carbocycles. The molecule has 0 bridgehead atoms. The van der Waals surface area contributed by atoms with Crippen molar-refractivity contribution in [3.8, 4) is 6.07 Å². The van der Waals surface area contributed by atoms with E-state index in [-0.39, 0.29) is 5.92 Å². The van der Waals surface area contributed by atoms with Crippen molar-refractivity contribution in [3.63, 3.8) is 0 Å². The average molecular weight is 224 g/mol. The first-order valence-corrected chi connectivity index (χ1v) is 6.46. The maximum absolute atomic E-state index is 9.18. The Kier molecular flexibility index (Phi) is 6.44. The number of rotatable bonds is 5. The third kappa shape index (κ3) is 4.11. The number of hydrogen-bond donors (Lipinski definition) is 1. The van der Waals surface area contributed by atoms with Crippen LogP contribution in [0.25, 0.3) is 0 Å². The molecular formula is C13H24N2O. The van der Waals surface area contributed by atoms with Crippen LogP contribution >= 0.6 is 0 Å². The summed E-state index contributed by atoms with van der Waals surface area (Å²) in [6.45, 7) is 2.90. The molecule has 3 nitrogen and oxygen atoms in total. The van der Waals surface area contributed by atoms with Gasteiger partial charge < -0.3 is 10.1 Å². The van der Waals surface area contributed by atoms with E-state index in [9.17, 15) is 5.26 Å². The van der Waals surface area contributed by atoms with Crippen molar-refractivity contribution in [3.05, 3.63) is 0 Å². The summed E-state index contributed by atoms with van der Waals surface area (Å²) in [6, 6.07) is 3.22. The second-order valence-electron chi connectivity index (χ2n) is 4.71. The largest absolute Gasteiger partial charge is 0.383 e. The van der Waals surface area contributed by atoms with Crippen molar-refractivity contribution >= 4 is 0 Å². The van der Waals surface area contributed by atoms with Gasteiger partial charge in [0.05, 0.1) is 18.6 Å². The number of nitrogens with one attached hydrogen (secondary N) is 1. The number of hydrogen-bond acceptors (Lipinski definition) is 3. The van der Waals surface area contributed by atoms with Crippen LogP contribution < -0.4 is 5.32 Å². The molecule has 0 radical (unpaired) electrons. The second kappa shape index (κ2) is 7.65. The highest BCUT2D eigenvalue weighted by molar-refractivity contribution is 4.94. The van der Waals surface area contributed by atoms with E-state index in [2.05, 4.69) is 18.3 Å². The van der Waals surface area contributed by atoms with Gasteiger partial charge in [-0.05, 0) is 19.3 Å². The van der Waals surface area contributed by atoms with E-state index < -0.39 is 0 Å². The van der Waals surface area contributed by atoms with Crippen LogP contribution in [0.4, 0.5) is 0 Å². The van der Waals surface area contributed by atoms with E-state index in [1.54, 1.807) is 7.11 Å². The Balaban J connectivity index is 2.50. The Morgan fingerprint density at radius 3 is 2.75 bits per heavy atom. The van der Waals surface area contributed by atoms with E-state index >= 15 is 0 Å². The molecule has 16 heavy (non-hydrogen) atoms. The molecule has 0 aliphatic heterocycles. The van der Waals surface area contributed by atoms with Gasteiger partial charge in [0.25, 0.3) is 0 Å². The summed E-state index contributed by atoms with van der Waals surface area (Å²) < 4.78 is 5.19. The zero-order valence-electron chi connectivity index (χ0n) is 10.5. The SMILES string of the molecule is CCC(COC)NC1CCCCCC1C#N. The molecule has 3 heteroatoms. The highest BCUT2D eigenvalue weighted by Gasteiger charge is 2.25. The smallest absolute Gasteiger partial charge is 0.0672 e. The van der Waals surface area contributed by atoms with Crippen LogP contribution in [-0.4, -0.2) is 25.8 Å². The third-order valence-electron chi connectivity index (χ3n) is 3.49. The van der Waals surface area contributed by atoms with Crippen molar-refractivity contribution in [2.75, 3.05) is 13.7 Å². The molecule has 0 spiro atoms. The minimum absolute atomic E-state index is 0.188. The molecule has 0 amide bonds.